The summed E-state index contributed by atoms with van der Waals surface area (Å²) in [5.41, 5.74) is 0. The molecule has 0 aliphatic heterocycles. The SMILES string of the molecule is COC(=O)CCCCCCCNC(C)=O. The molecule has 0 heterocycles. The molecular weight excluding hydrogens is 194 g/mol. The summed E-state index contributed by atoms with van der Waals surface area (Å²) in [5.74, 6) is -0.103. The molecule has 15 heavy (non-hydrogen) atoms. The van der Waals surface area contributed by atoms with E-state index in [1.54, 1.807) is 0 Å². The molecule has 0 rings (SSSR count). The Morgan fingerprint density at radius 2 is 1.67 bits per heavy atom. The number of amides is 1. The summed E-state index contributed by atoms with van der Waals surface area (Å²) in [6.45, 7) is 2.28. The Kier molecular flexibility index (Phi) is 8.82. The largest absolute Gasteiger partial charge is 0.469 e. The fourth-order valence-corrected chi connectivity index (χ4v) is 1.29. The molecule has 0 bridgehead atoms. The molecule has 1 N–H and O–H groups in total. The number of unbranched alkanes of at least 4 members (excludes halogenated alkanes) is 4. The summed E-state index contributed by atoms with van der Waals surface area (Å²) in [5, 5.41) is 2.75. The molecule has 0 unspecified atom stereocenters. The summed E-state index contributed by atoms with van der Waals surface area (Å²) in [6, 6.07) is 0. The number of carbonyl (C=O) groups is 2. The monoisotopic (exact) mass is 215 g/mol. The van der Waals surface area contributed by atoms with E-state index in [4.69, 9.17) is 0 Å². The van der Waals surface area contributed by atoms with Crippen molar-refractivity contribution < 1.29 is 14.3 Å². The first-order valence-corrected chi connectivity index (χ1v) is 5.48. The van der Waals surface area contributed by atoms with E-state index < -0.39 is 0 Å². The average Bonchev–Trinajstić information content (AvgIpc) is 2.21. The molecule has 0 aromatic heterocycles. The number of hydrogen-bond donors (Lipinski definition) is 1. The van der Waals surface area contributed by atoms with Crippen molar-refractivity contribution in [1.82, 2.24) is 5.32 Å². The average molecular weight is 215 g/mol. The molecule has 0 radical (unpaired) electrons. The second-order valence-electron chi connectivity index (χ2n) is 3.58. The number of rotatable bonds is 8. The van der Waals surface area contributed by atoms with E-state index in [0.29, 0.717) is 6.42 Å². The van der Waals surface area contributed by atoms with E-state index in [1.807, 2.05) is 0 Å². The summed E-state index contributed by atoms with van der Waals surface area (Å²) >= 11 is 0. The van der Waals surface area contributed by atoms with Gasteiger partial charge >= 0.3 is 5.97 Å². The summed E-state index contributed by atoms with van der Waals surface area (Å²) in [6.07, 6.45) is 5.68. The lowest BCUT2D eigenvalue weighted by molar-refractivity contribution is -0.140. The Labute approximate surface area is 91.4 Å². The quantitative estimate of drug-likeness (QED) is 0.494. The van der Waals surface area contributed by atoms with Gasteiger partial charge in [-0.3, -0.25) is 9.59 Å². The van der Waals surface area contributed by atoms with Crippen LogP contribution in [0.5, 0.6) is 0 Å². The van der Waals surface area contributed by atoms with Gasteiger partial charge in [0.25, 0.3) is 0 Å². The van der Waals surface area contributed by atoms with E-state index in [2.05, 4.69) is 10.1 Å². The van der Waals surface area contributed by atoms with Gasteiger partial charge in [-0.2, -0.15) is 0 Å². The fourth-order valence-electron chi connectivity index (χ4n) is 1.29. The molecule has 4 nitrogen and oxygen atoms in total. The molecule has 1 amide bonds. The number of hydrogen-bond acceptors (Lipinski definition) is 3. The molecule has 0 aromatic carbocycles. The van der Waals surface area contributed by atoms with Crippen molar-refractivity contribution in [2.45, 2.75) is 45.4 Å². The molecule has 88 valence electrons. The Morgan fingerprint density at radius 1 is 1.07 bits per heavy atom. The molecule has 0 aliphatic carbocycles. The van der Waals surface area contributed by atoms with E-state index in [1.165, 1.54) is 14.0 Å². The zero-order valence-electron chi connectivity index (χ0n) is 9.67. The maximum absolute atomic E-state index is 10.8. The summed E-state index contributed by atoms with van der Waals surface area (Å²) in [4.78, 5) is 21.3. The van der Waals surface area contributed by atoms with E-state index >= 15 is 0 Å². The van der Waals surface area contributed by atoms with Gasteiger partial charge in [0.15, 0.2) is 0 Å². The lowest BCUT2D eigenvalue weighted by atomic mass is 10.1. The zero-order chi connectivity index (χ0) is 11.5. The first-order valence-electron chi connectivity index (χ1n) is 5.48. The molecule has 0 aromatic rings. The molecule has 0 spiro atoms. The van der Waals surface area contributed by atoms with Crippen LogP contribution in [0.15, 0.2) is 0 Å². The predicted molar refractivity (Wildman–Crippen MR) is 58.4 cm³/mol. The first-order chi connectivity index (χ1) is 7.16. The molecule has 0 saturated heterocycles. The number of esters is 1. The third-order valence-electron chi connectivity index (χ3n) is 2.16. The Morgan fingerprint density at radius 3 is 2.27 bits per heavy atom. The van der Waals surface area contributed by atoms with Gasteiger partial charge in [-0.25, -0.2) is 0 Å². The third kappa shape index (κ3) is 10.9. The second kappa shape index (κ2) is 9.49. The zero-order valence-corrected chi connectivity index (χ0v) is 9.67. The van der Waals surface area contributed by atoms with Gasteiger partial charge in [-0.15, -0.1) is 0 Å². The minimum absolute atomic E-state index is 0.0284. The van der Waals surface area contributed by atoms with Gasteiger partial charge < -0.3 is 10.1 Å². The Hall–Kier alpha value is -1.06. The van der Waals surface area contributed by atoms with Crippen LogP contribution < -0.4 is 5.32 Å². The molecule has 0 fully saturated rings. The molecule has 0 atom stereocenters. The van der Waals surface area contributed by atoms with Gasteiger partial charge in [0.2, 0.25) is 5.91 Å². The van der Waals surface area contributed by atoms with Crippen molar-refractivity contribution in [3.8, 4) is 0 Å². The third-order valence-corrected chi connectivity index (χ3v) is 2.16. The van der Waals surface area contributed by atoms with Crippen LogP contribution in [0.25, 0.3) is 0 Å². The van der Waals surface area contributed by atoms with Crippen LogP contribution in [0.3, 0.4) is 0 Å². The molecular formula is C11H21NO3. The highest BCUT2D eigenvalue weighted by Gasteiger charge is 1.98. The van der Waals surface area contributed by atoms with Gasteiger partial charge in [0.05, 0.1) is 7.11 Å². The normalized spacial score (nSPS) is 9.73. The van der Waals surface area contributed by atoms with Gasteiger partial charge in [0, 0.05) is 19.9 Å². The lowest BCUT2D eigenvalue weighted by Crippen LogP contribution is -2.20. The fraction of sp³-hybridized carbons (Fsp3) is 0.818. The maximum Gasteiger partial charge on any atom is 0.305 e. The predicted octanol–water partition coefficient (Wildman–Crippen LogP) is 1.64. The molecule has 0 aliphatic rings. The highest BCUT2D eigenvalue weighted by Crippen LogP contribution is 2.05. The van der Waals surface area contributed by atoms with E-state index in [9.17, 15) is 9.59 Å². The van der Waals surface area contributed by atoms with E-state index in [-0.39, 0.29) is 11.9 Å². The van der Waals surface area contributed by atoms with Gasteiger partial charge in [0.1, 0.15) is 0 Å². The number of ether oxygens (including phenoxy) is 1. The van der Waals surface area contributed by atoms with Crippen molar-refractivity contribution in [2.75, 3.05) is 13.7 Å². The number of nitrogens with one attached hydrogen (secondary N) is 1. The smallest absolute Gasteiger partial charge is 0.305 e. The Balaban J connectivity index is 3.05. The minimum Gasteiger partial charge on any atom is -0.469 e. The second-order valence-corrected chi connectivity index (χ2v) is 3.58. The summed E-state index contributed by atoms with van der Waals surface area (Å²) < 4.78 is 4.54. The van der Waals surface area contributed by atoms with E-state index in [0.717, 1.165) is 38.6 Å². The number of methoxy groups -OCH3 is 1. The molecule has 4 heteroatoms. The standard InChI is InChI=1S/C11H21NO3/c1-10(13)12-9-7-5-3-4-6-8-11(14)15-2/h3-9H2,1-2H3,(H,12,13). The molecule has 0 saturated carbocycles. The van der Waals surface area contributed by atoms with Crippen molar-refractivity contribution in [3.63, 3.8) is 0 Å². The minimum atomic E-state index is -0.131. The topological polar surface area (TPSA) is 55.4 Å². The number of carbonyl (C=O) groups excluding carboxylic acids is 2. The van der Waals surface area contributed by atoms with Crippen LogP contribution in [0.4, 0.5) is 0 Å². The van der Waals surface area contributed by atoms with Crippen LogP contribution in [0, 0.1) is 0 Å². The van der Waals surface area contributed by atoms with Gasteiger partial charge in [-0.1, -0.05) is 19.3 Å². The van der Waals surface area contributed by atoms with Crippen LogP contribution in [-0.2, 0) is 14.3 Å². The van der Waals surface area contributed by atoms with Crippen LogP contribution in [0.1, 0.15) is 45.4 Å². The van der Waals surface area contributed by atoms with Crippen LogP contribution in [0.2, 0.25) is 0 Å². The van der Waals surface area contributed by atoms with Crippen molar-refractivity contribution in [3.05, 3.63) is 0 Å². The highest BCUT2D eigenvalue weighted by atomic mass is 16.5. The van der Waals surface area contributed by atoms with Gasteiger partial charge in [-0.05, 0) is 12.8 Å². The van der Waals surface area contributed by atoms with Crippen LogP contribution in [-0.4, -0.2) is 25.5 Å². The van der Waals surface area contributed by atoms with Crippen molar-refractivity contribution in [2.24, 2.45) is 0 Å². The first kappa shape index (κ1) is 13.9. The van der Waals surface area contributed by atoms with Crippen LogP contribution >= 0.6 is 0 Å². The van der Waals surface area contributed by atoms with Crippen molar-refractivity contribution in [1.29, 1.82) is 0 Å². The van der Waals surface area contributed by atoms with Crippen molar-refractivity contribution >= 4 is 11.9 Å². The maximum atomic E-state index is 10.8. The summed E-state index contributed by atoms with van der Waals surface area (Å²) in [7, 11) is 1.41. The highest BCUT2D eigenvalue weighted by molar-refractivity contribution is 5.72. The Bertz CT molecular complexity index is 192. The lowest BCUT2D eigenvalue weighted by Gasteiger charge is -2.02.